The van der Waals surface area contributed by atoms with Crippen molar-refractivity contribution in [2.75, 3.05) is 18.9 Å². The van der Waals surface area contributed by atoms with Crippen LogP contribution >= 0.6 is 0 Å². The molecule has 0 atom stereocenters. The van der Waals surface area contributed by atoms with E-state index in [0.29, 0.717) is 17.1 Å². The maximum absolute atomic E-state index is 12.4. The van der Waals surface area contributed by atoms with Gasteiger partial charge in [0.2, 0.25) is 0 Å². The van der Waals surface area contributed by atoms with Crippen molar-refractivity contribution in [1.29, 1.82) is 0 Å². The van der Waals surface area contributed by atoms with E-state index in [2.05, 4.69) is 9.88 Å². The Bertz CT molecular complexity index is 752. The van der Waals surface area contributed by atoms with E-state index in [4.69, 9.17) is 14.0 Å². The number of sulfonamides is 1. The van der Waals surface area contributed by atoms with Crippen LogP contribution < -0.4 is 14.2 Å². The molecule has 0 fully saturated rings. The van der Waals surface area contributed by atoms with Crippen LogP contribution in [0.2, 0.25) is 0 Å². The highest BCUT2D eigenvalue weighted by Gasteiger charge is 2.23. The third-order valence-electron chi connectivity index (χ3n) is 2.90. The Labute approximate surface area is 122 Å². The molecule has 0 aliphatic carbocycles. The molecular formula is C13H16N2O5S. The van der Waals surface area contributed by atoms with Gasteiger partial charge in [0, 0.05) is 11.6 Å². The summed E-state index contributed by atoms with van der Waals surface area (Å²) in [6, 6.07) is 4.47. The number of nitrogens with one attached hydrogen (secondary N) is 1. The molecule has 21 heavy (non-hydrogen) atoms. The number of anilines is 1. The van der Waals surface area contributed by atoms with Crippen LogP contribution in [0.1, 0.15) is 11.3 Å². The highest BCUT2D eigenvalue weighted by molar-refractivity contribution is 7.92. The van der Waals surface area contributed by atoms with Crippen molar-refractivity contribution < 1.29 is 22.4 Å². The Balaban J connectivity index is 2.47. The highest BCUT2D eigenvalue weighted by atomic mass is 32.2. The standard InChI is InChI=1S/C13H16N2O5S/c1-8-7-12(14-20-8)15-21(16,17)11-6-5-10(18-3)9(2)13(11)19-4/h5-7H,1-4H3,(H,14,15). The normalized spacial score (nSPS) is 11.2. The summed E-state index contributed by atoms with van der Waals surface area (Å²) < 4.78 is 42.4. The number of hydrogen-bond donors (Lipinski definition) is 1. The molecule has 0 saturated heterocycles. The topological polar surface area (TPSA) is 90.7 Å². The zero-order valence-electron chi connectivity index (χ0n) is 12.1. The summed E-state index contributed by atoms with van der Waals surface area (Å²) in [7, 11) is -0.933. The minimum atomic E-state index is -3.84. The van der Waals surface area contributed by atoms with E-state index in [0.717, 1.165) is 0 Å². The monoisotopic (exact) mass is 312 g/mol. The van der Waals surface area contributed by atoms with Gasteiger partial charge in [0.05, 0.1) is 14.2 Å². The second kappa shape index (κ2) is 5.65. The van der Waals surface area contributed by atoms with Gasteiger partial charge in [-0.3, -0.25) is 4.72 Å². The lowest BCUT2D eigenvalue weighted by Gasteiger charge is -2.14. The van der Waals surface area contributed by atoms with Crippen molar-refractivity contribution >= 4 is 15.8 Å². The third kappa shape index (κ3) is 2.94. The molecule has 7 nitrogen and oxygen atoms in total. The van der Waals surface area contributed by atoms with Crippen LogP contribution in [0.5, 0.6) is 11.5 Å². The molecular weight excluding hydrogens is 296 g/mol. The average Bonchev–Trinajstić information content (AvgIpc) is 2.82. The maximum Gasteiger partial charge on any atom is 0.266 e. The second-order valence-corrected chi connectivity index (χ2v) is 6.00. The van der Waals surface area contributed by atoms with Gasteiger partial charge in [-0.2, -0.15) is 0 Å². The highest BCUT2D eigenvalue weighted by Crippen LogP contribution is 2.34. The van der Waals surface area contributed by atoms with Crippen LogP contribution in [0.25, 0.3) is 0 Å². The van der Waals surface area contributed by atoms with Crippen LogP contribution in [0.4, 0.5) is 5.82 Å². The fourth-order valence-electron chi connectivity index (χ4n) is 1.94. The molecule has 0 aliphatic heterocycles. The van der Waals surface area contributed by atoms with E-state index in [1.54, 1.807) is 19.9 Å². The number of aryl methyl sites for hydroxylation is 1. The van der Waals surface area contributed by atoms with E-state index in [1.165, 1.54) is 26.4 Å². The first kappa shape index (κ1) is 15.2. The Morgan fingerprint density at radius 3 is 2.43 bits per heavy atom. The average molecular weight is 312 g/mol. The number of benzene rings is 1. The van der Waals surface area contributed by atoms with E-state index in [1.807, 2.05) is 0 Å². The quantitative estimate of drug-likeness (QED) is 0.909. The summed E-state index contributed by atoms with van der Waals surface area (Å²) in [5.74, 6) is 1.39. The lowest BCUT2D eigenvalue weighted by molar-refractivity contribution is 0.380. The van der Waals surface area contributed by atoms with Crippen LogP contribution in [-0.2, 0) is 10.0 Å². The van der Waals surface area contributed by atoms with Crippen molar-refractivity contribution in [3.8, 4) is 11.5 Å². The summed E-state index contributed by atoms with van der Waals surface area (Å²) >= 11 is 0. The number of hydrogen-bond acceptors (Lipinski definition) is 6. The van der Waals surface area contributed by atoms with E-state index in [9.17, 15) is 8.42 Å². The van der Waals surface area contributed by atoms with Gasteiger partial charge in [-0.25, -0.2) is 8.42 Å². The number of methoxy groups -OCH3 is 2. The summed E-state index contributed by atoms with van der Waals surface area (Å²) in [6.45, 7) is 3.39. The van der Waals surface area contributed by atoms with Crippen molar-refractivity contribution in [3.05, 3.63) is 29.5 Å². The minimum absolute atomic E-state index is 0.00366. The Morgan fingerprint density at radius 1 is 1.19 bits per heavy atom. The summed E-state index contributed by atoms with van der Waals surface area (Å²) in [5.41, 5.74) is 0.596. The molecule has 0 unspecified atom stereocenters. The number of ether oxygens (including phenoxy) is 2. The Hall–Kier alpha value is -2.22. The molecule has 1 heterocycles. The first-order valence-corrected chi connectivity index (χ1v) is 7.55. The van der Waals surface area contributed by atoms with Crippen LogP contribution in [0.3, 0.4) is 0 Å². The van der Waals surface area contributed by atoms with Crippen molar-refractivity contribution in [3.63, 3.8) is 0 Å². The molecule has 0 radical (unpaired) electrons. The van der Waals surface area contributed by atoms with Crippen LogP contribution in [-0.4, -0.2) is 27.8 Å². The van der Waals surface area contributed by atoms with Crippen LogP contribution in [0, 0.1) is 13.8 Å². The van der Waals surface area contributed by atoms with Gasteiger partial charge in [0.25, 0.3) is 10.0 Å². The molecule has 0 bridgehead atoms. The van der Waals surface area contributed by atoms with Gasteiger partial charge in [-0.1, -0.05) is 5.16 Å². The van der Waals surface area contributed by atoms with Gasteiger partial charge in [0.1, 0.15) is 22.2 Å². The Kier molecular flexibility index (Phi) is 4.08. The number of aromatic nitrogens is 1. The second-order valence-electron chi connectivity index (χ2n) is 4.35. The molecule has 0 aliphatic rings. The molecule has 1 N–H and O–H groups in total. The molecule has 1 aromatic carbocycles. The van der Waals surface area contributed by atoms with Gasteiger partial charge in [0.15, 0.2) is 5.82 Å². The van der Waals surface area contributed by atoms with E-state index in [-0.39, 0.29) is 16.5 Å². The zero-order chi connectivity index (χ0) is 15.6. The fraction of sp³-hybridized carbons (Fsp3) is 0.308. The zero-order valence-corrected chi connectivity index (χ0v) is 12.9. The van der Waals surface area contributed by atoms with Crippen molar-refractivity contribution in [2.24, 2.45) is 0 Å². The molecule has 114 valence electrons. The van der Waals surface area contributed by atoms with Gasteiger partial charge in [-0.05, 0) is 26.0 Å². The fourth-order valence-corrected chi connectivity index (χ4v) is 3.15. The lowest BCUT2D eigenvalue weighted by Crippen LogP contribution is -2.15. The third-order valence-corrected chi connectivity index (χ3v) is 4.28. The molecule has 0 saturated carbocycles. The van der Waals surface area contributed by atoms with Crippen molar-refractivity contribution in [2.45, 2.75) is 18.7 Å². The van der Waals surface area contributed by atoms with E-state index < -0.39 is 10.0 Å². The first-order valence-electron chi connectivity index (χ1n) is 6.06. The number of rotatable bonds is 5. The van der Waals surface area contributed by atoms with Gasteiger partial charge in [-0.15, -0.1) is 0 Å². The SMILES string of the molecule is COc1ccc(S(=O)(=O)Nc2cc(C)on2)c(OC)c1C. The number of nitrogens with zero attached hydrogens (tertiary/aromatic N) is 1. The summed E-state index contributed by atoms with van der Waals surface area (Å²) in [4.78, 5) is 0.00366. The summed E-state index contributed by atoms with van der Waals surface area (Å²) in [5, 5.41) is 3.61. The lowest BCUT2D eigenvalue weighted by atomic mass is 10.2. The smallest absolute Gasteiger partial charge is 0.266 e. The molecule has 2 rings (SSSR count). The van der Waals surface area contributed by atoms with Gasteiger partial charge >= 0.3 is 0 Å². The maximum atomic E-state index is 12.4. The minimum Gasteiger partial charge on any atom is -0.496 e. The first-order chi connectivity index (χ1) is 9.89. The predicted octanol–water partition coefficient (Wildman–Crippen LogP) is 2.11. The molecule has 1 aromatic heterocycles. The predicted molar refractivity (Wildman–Crippen MR) is 76.3 cm³/mol. The molecule has 0 spiro atoms. The molecule has 8 heteroatoms. The largest absolute Gasteiger partial charge is 0.496 e. The Morgan fingerprint density at radius 2 is 1.90 bits per heavy atom. The van der Waals surface area contributed by atoms with Gasteiger partial charge < -0.3 is 14.0 Å². The molecule has 0 amide bonds. The molecule has 2 aromatic rings. The van der Waals surface area contributed by atoms with Crippen molar-refractivity contribution in [1.82, 2.24) is 5.16 Å². The van der Waals surface area contributed by atoms with Crippen LogP contribution in [0.15, 0.2) is 27.6 Å². The van der Waals surface area contributed by atoms with E-state index >= 15 is 0 Å². The summed E-state index contributed by atoms with van der Waals surface area (Å²) in [6.07, 6.45) is 0.